The molecule has 1 aromatic carbocycles. The standard InChI is InChI=1S/C19H27NO4S/c1-5-24-15-10-19(17(22)23,18(15,3)4)20-16(21)12-25-11-14-8-6-7-13(2)9-14/h6-9,15H,5,10-12H2,1-4H3,(H,20,21)(H,22,23). The smallest absolute Gasteiger partial charge is 0.330 e. The van der Waals surface area contributed by atoms with Gasteiger partial charge in [-0.3, -0.25) is 4.79 Å². The van der Waals surface area contributed by atoms with Crippen LogP contribution in [0.5, 0.6) is 0 Å². The molecule has 0 saturated heterocycles. The van der Waals surface area contributed by atoms with E-state index >= 15 is 0 Å². The molecule has 2 N–H and O–H groups in total. The first-order valence-electron chi connectivity index (χ1n) is 8.52. The van der Waals surface area contributed by atoms with E-state index in [0.717, 1.165) is 11.3 Å². The molecule has 0 bridgehead atoms. The monoisotopic (exact) mass is 365 g/mol. The number of thioether (sulfide) groups is 1. The topological polar surface area (TPSA) is 75.6 Å². The highest BCUT2D eigenvalue weighted by atomic mass is 32.2. The van der Waals surface area contributed by atoms with Crippen molar-refractivity contribution in [2.45, 2.75) is 51.5 Å². The molecule has 0 spiro atoms. The molecular weight excluding hydrogens is 338 g/mol. The molecule has 25 heavy (non-hydrogen) atoms. The van der Waals surface area contributed by atoms with Crippen LogP contribution < -0.4 is 5.32 Å². The van der Waals surface area contributed by atoms with Crippen LogP contribution in [0.4, 0.5) is 0 Å². The number of nitrogens with one attached hydrogen (secondary N) is 1. The van der Waals surface area contributed by atoms with Crippen LogP contribution in [0.3, 0.4) is 0 Å². The van der Waals surface area contributed by atoms with Crippen molar-refractivity contribution in [3.63, 3.8) is 0 Å². The van der Waals surface area contributed by atoms with Crippen LogP contribution in [0.25, 0.3) is 0 Å². The predicted molar refractivity (Wildman–Crippen MR) is 99.7 cm³/mol. The first-order valence-corrected chi connectivity index (χ1v) is 9.67. The summed E-state index contributed by atoms with van der Waals surface area (Å²) in [5.74, 6) is -0.285. The maximum Gasteiger partial charge on any atom is 0.330 e. The van der Waals surface area contributed by atoms with Gasteiger partial charge < -0.3 is 15.2 Å². The van der Waals surface area contributed by atoms with Crippen molar-refractivity contribution in [3.8, 4) is 0 Å². The summed E-state index contributed by atoms with van der Waals surface area (Å²) in [4.78, 5) is 24.2. The number of aryl methyl sites for hydroxylation is 1. The Kier molecular flexibility index (Phi) is 6.16. The minimum atomic E-state index is -1.26. The van der Waals surface area contributed by atoms with Crippen LogP contribution in [0.1, 0.15) is 38.3 Å². The van der Waals surface area contributed by atoms with E-state index in [0.29, 0.717) is 13.0 Å². The number of carboxylic acid groups (broad SMARTS) is 1. The molecule has 0 heterocycles. The Hall–Kier alpha value is -1.53. The van der Waals surface area contributed by atoms with E-state index < -0.39 is 16.9 Å². The highest BCUT2D eigenvalue weighted by Crippen LogP contribution is 2.51. The largest absolute Gasteiger partial charge is 0.479 e. The molecule has 1 saturated carbocycles. The van der Waals surface area contributed by atoms with Gasteiger partial charge in [-0.05, 0) is 19.4 Å². The second-order valence-corrected chi connectivity index (χ2v) is 8.10. The Morgan fingerprint density at radius 3 is 2.68 bits per heavy atom. The van der Waals surface area contributed by atoms with Gasteiger partial charge in [0.25, 0.3) is 0 Å². The molecule has 0 aliphatic heterocycles. The van der Waals surface area contributed by atoms with Crippen LogP contribution in [0.15, 0.2) is 24.3 Å². The molecule has 1 aliphatic rings. The summed E-state index contributed by atoms with van der Waals surface area (Å²) in [6, 6.07) is 8.14. The summed E-state index contributed by atoms with van der Waals surface area (Å²) >= 11 is 1.49. The van der Waals surface area contributed by atoms with E-state index in [2.05, 4.69) is 11.4 Å². The zero-order chi connectivity index (χ0) is 18.7. The van der Waals surface area contributed by atoms with Crippen LogP contribution >= 0.6 is 11.8 Å². The fraction of sp³-hybridized carbons (Fsp3) is 0.579. The van der Waals surface area contributed by atoms with Crippen molar-refractivity contribution in [2.24, 2.45) is 5.41 Å². The SMILES string of the molecule is CCOC1CC(NC(=O)CSCc2cccc(C)c2)(C(=O)O)C1(C)C. The molecular formula is C19H27NO4S. The zero-order valence-electron chi connectivity index (χ0n) is 15.3. The van der Waals surface area contributed by atoms with Gasteiger partial charge >= 0.3 is 5.97 Å². The number of aliphatic carboxylic acids is 1. The molecule has 2 rings (SSSR count). The molecule has 138 valence electrons. The number of carboxylic acids is 1. The number of ether oxygens (including phenoxy) is 1. The average Bonchev–Trinajstić information content (AvgIpc) is 2.53. The van der Waals surface area contributed by atoms with E-state index in [9.17, 15) is 14.7 Å². The lowest BCUT2D eigenvalue weighted by atomic mass is 9.54. The number of amides is 1. The fourth-order valence-electron chi connectivity index (χ4n) is 3.37. The number of hydrogen-bond donors (Lipinski definition) is 2. The zero-order valence-corrected chi connectivity index (χ0v) is 16.1. The normalized spacial score (nSPS) is 24.4. The van der Waals surface area contributed by atoms with Crippen molar-refractivity contribution in [1.29, 1.82) is 0 Å². The van der Waals surface area contributed by atoms with Gasteiger partial charge in [-0.25, -0.2) is 4.79 Å². The van der Waals surface area contributed by atoms with E-state index in [1.807, 2.05) is 45.9 Å². The first-order chi connectivity index (χ1) is 11.7. The summed E-state index contributed by atoms with van der Waals surface area (Å²) < 4.78 is 5.61. The third-order valence-corrected chi connectivity index (χ3v) is 6.07. The molecule has 6 heteroatoms. The Morgan fingerprint density at radius 1 is 1.40 bits per heavy atom. The molecule has 2 atom stereocenters. The Bertz CT molecular complexity index is 646. The summed E-state index contributed by atoms with van der Waals surface area (Å²) in [5.41, 5.74) is 0.441. The first kappa shape index (κ1) is 19.8. The number of carbonyl (C=O) groups is 2. The average molecular weight is 365 g/mol. The Balaban J connectivity index is 1.92. The fourth-order valence-corrected chi connectivity index (χ4v) is 4.15. The van der Waals surface area contributed by atoms with Crippen molar-refractivity contribution < 1.29 is 19.4 Å². The van der Waals surface area contributed by atoms with E-state index in [1.54, 1.807) is 0 Å². The van der Waals surface area contributed by atoms with Gasteiger partial charge in [0, 0.05) is 24.2 Å². The third kappa shape index (κ3) is 4.01. The minimum Gasteiger partial charge on any atom is -0.479 e. The predicted octanol–water partition coefficient (Wildman–Crippen LogP) is 3.00. The second-order valence-electron chi connectivity index (χ2n) is 7.11. The molecule has 5 nitrogen and oxygen atoms in total. The highest BCUT2D eigenvalue weighted by Gasteiger charge is 2.66. The molecule has 0 radical (unpaired) electrons. The highest BCUT2D eigenvalue weighted by molar-refractivity contribution is 7.99. The van der Waals surface area contributed by atoms with E-state index in [4.69, 9.17) is 4.74 Å². The number of benzene rings is 1. The van der Waals surface area contributed by atoms with Gasteiger partial charge in [-0.1, -0.05) is 43.7 Å². The lowest BCUT2D eigenvalue weighted by Gasteiger charge is -2.58. The molecule has 1 amide bonds. The maximum atomic E-state index is 12.3. The summed E-state index contributed by atoms with van der Waals surface area (Å²) in [6.45, 7) is 8.13. The van der Waals surface area contributed by atoms with E-state index in [-0.39, 0.29) is 17.8 Å². The van der Waals surface area contributed by atoms with Crippen LogP contribution in [-0.2, 0) is 20.1 Å². The third-order valence-electron chi connectivity index (χ3n) is 5.07. The molecule has 1 aromatic rings. The number of hydrogen-bond acceptors (Lipinski definition) is 4. The Morgan fingerprint density at radius 2 is 2.12 bits per heavy atom. The van der Waals surface area contributed by atoms with E-state index in [1.165, 1.54) is 17.3 Å². The van der Waals surface area contributed by atoms with Crippen molar-refractivity contribution >= 4 is 23.6 Å². The van der Waals surface area contributed by atoms with Gasteiger partial charge in [0.2, 0.25) is 5.91 Å². The van der Waals surface area contributed by atoms with Crippen LogP contribution in [0.2, 0.25) is 0 Å². The summed E-state index contributed by atoms with van der Waals surface area (Å²) in [7, 11) is 0. The van der Waals surface area contributed by atoms with Crippen LogP contribution in [0, 0.1) is 12.3 Å². The quantitative estimate of drug-likeness (QED) is 0.741. The van der Waals surface area contributed by atoms with Crippen molar-refractivity contribution in [1.82, 2.24) is 5.32 Å². The maximum absolute atomic E-state index is 12.3. The van der Waals surface area contributed by atoms with Crippen molar-refractivity contribution in [2.75, 3.05) is 12.4 Å². The van der Waals surface area contributed by atoms with Gasteiger partial charge in [0.15, 0.2) is 0 Å². The van der Waals surface area contributed by atoms with Crippen LogP contribution in [-0.4, -0.2) is 41.0 Å². The number of rotatable bonds is 8. The molecule has 1 fully saturated rings. The lowest BCUT2D eigenvalue weighted by Crippen LogP contribution is -2.76. The van der Waals surface area contributed by atoms with Gasteiger partial charge in [-0.15, -0.1) is 11.8 Å². The van der Waals surface area contributed by atoms with Gasteiger partial charge in [0.1, 0.15) is 5.54 Å². The number of carbonyl (C=O) groups excluding carboxylic acids is 1. The Labute approximate surface area is 153 Å². The molecule has 2 unspecified atom stereocenters. The molecule has 0 aromatic heterocycles. The van der Waals surface area contributed by atoms with Gasteiger partial charge in [-0.2, -0.15) is 0 Å². The minimum absolute atomic E-state index is 0.158. The second kappa shape index (κ2) is 7.79. The molecule has 1 aliphatic carbocycles. The summed E-state index contributed by atoms with van der Waals surface area (Å²) in [5, 5.41) is 12.5. The lowest BCUT2D eigenvalue weighted by molar-refractivity contribution is -0.194. The van der Waals surface area contributed by atoms with Gasteiger partial charge in [0.05, 0.1) is 11.9 Å². The summed E-state index contributed by atoms with van der Waals surface area (Å²) in [6.07, 6.45) is 0.145. The van der Waals surface area contributed by atoms with Crippen molar-refractivity contribution in [3.05, 3.63) is 35.4 Å².